The van der Waals surface area contributed by atoms with Gasteiger partial charge < -0.3 is 4.74 Å². The van der Waals surface area contributed by atoms with E-state index < -0.39 is 0 Å². The molecule has 0 aliphatic carbocycles. The van der Waals surface area contributed by atoms with Crippen molar-refractivity contribution < 1.29 is 9.53 Å². The highest BCUT2D eigenvalue weighted by atomic mass is 16.5. The minimum Gasteiger partial charge on any atom is -0.375 e. The lowest BCUT2D eigenvalue weighted by atomic mass is 9.89. The molecule has 90 valence electrons. The number of aromatic nitrogens is 1. The molecule has 3 heterocycles. The van der Waals surface area contributed by atoms with E-state index >= 15 is 0 Å². The molecule has 0 saturated carbocycles. The topological polar surface area (TPSA) is 39.2 Å². The lowest BCUT2D eigenvalue weighted by Gasteiger charge is -2.27. The second-order valence-corrected chi connectivity index (χ2v) is 5.13. The van der Waals surface area contributed by atoms with Crippen molar-refractivity contribution in [2.75, 3.05) is 0 Å². The fraction of sp³-hybridized carbons (Fsp3) is 0.571. The van der Waals surface area contributed by atoms with Crippen LogP contribution in [-0.4, -0.2) is 23.0 Å². The first-order valence-electron chi connectivity index (χ1n) is 6.38. The standard InChI is InChI=1S/C14H17NO2/c16-14(6-10-2-1-5-15-9-10)11-7-12-3-4-13(8-11)17-12/h1-2,5,9,11-13H,3-4,6-8H2. The van der Waals surface area contributed by atoms with E-state index in [0.29, 0.717) is 24.4 Å². The molecule has 17 heavy (non-hydrogen) atoms. The van der Waals surface area contributed by atoms with E-state index in [2.05, 4.69) is 4.98 Å². The van der Waals surface area contributed by atoms with Crippen molar-refractivity contribution in [1.82, 2.24) is 4.98 Å². The number of carbonyl (C=O) groups is 1. The molecule has 0 aromatic carbocycles. The number of fused-ring (bicyclic) bond motifs is 2. The summed E-state index contributed by atoms with van der Waals surface area (Å²) in [4.78, 5) is 16.3. The molecular weight excluding hydrogens is 214 g/mol. The zero-order valence-corrected chi connectivity index (χ0v) is 9.84. The van der Waals surface area contributed by atoms with E-state index in [4.69, 9.17) is 4.74 Å². The summed E-state index contributed by atoms with van der Waals surface area (Å²) < 4.78 is 5.76. The molecule has 3 rings (SSSR count). The van der Waals surface area contributed by atoms with Crippen LogP contribution in [0.5, 0.6) is 0 Å². The van der Waals surface area contributed by atoms with Crippen LogP contribution in [0.4, 0.5) is 0 Å². The van der Waals surface area contributed by atoms with Gasteiger partial charge in [0, 0.05) is 24.7 Å². The molecule has 2 aliphatic heterocycles. The van der Waals surface area contributed by atoms with Crippen LogP contribution in [0.25, 0.3) is 0 Å². The molecule has 2 bridgehead atoms. The van der Waals surface area contributed by atoms with E-state index in [-0.39, 0.29) is 5.92 Å². The Morgan fingerprint density at radius 2 is 2.12 bits per heavy atom. The number of hydrogen-bond donors (Lipinski definition) is 0. The highest BCUT2D eigenvalue weighted by Gasteiger charge is 2.37. The Labute approximate surface area is 101 Å². The van der Waals surface area contributed by atoms with Crippen molar-refractivity contribution >= 4 is 5.78 Å². The molecule has 0 radical (unpaired) electrons. The van der Waals surface area contributed by atoms with Crippen LogP contribution in [0, 0.1) is 5.92 Å². The number of hydrogen-bond acceptors (Lipinski definition) is 3. The molecule has 2 atom stereocenters. The summed E-state index contributed by atoms with van der Waals surface area (Å²) in [6, 6.07) is 3.86. The Morgan fingerprint density at radius 1 is 1.35 bits per heavy atom. The van der Waals surface area contributed by atoms with E-state index in [1.54, 1.807) is 12.4 Å². The van der Waals surface area contributed by atoms with Crippen molar-refractivity contribution in [1.29, 1.82) is 0 Å². The van der Waals surface area contributed by atoms with Crippen molar-refractivity contribution in [3.05, 3.63) is 30.1 Å². The van der Waals surface area contributed by atoms with Crippen LogP contribution in [0.1, 0.15) is 31.2 Å². The molecule has 0 amide bonds. The minimum atomic E-state index is 0.210. The number of rotatable bonds is 3. The quantitative estimate of drug-likeness (QED) is 0.800. The van der Waals surface area contributed by atoms with Gasteiger partial charge >= 0.3 is 0 Å². The van der Waals surface area contributed by atoms with Gasteiger partial charge in [0.15, 0.2) is 0 Å². The van der Waals surface area contributed by atoms with E-state index in [0.717, 1.165) is 31.2 Å². The summed E-state index contributed by atoms with van der Waals surface area (Å²) >= 11 is 0. The van der Waals surface area contributed by atoms with Crippen LogP contribution in [-0.2, 0) is 16.0 Å². The highest BCUT2D eigenvalue weighted by Crippen LogP contribution is 2.36. The van der Waals surface area contributed by atoms with Gasteiger partial charge in [0.2, 0.25) is 0 Å². The number of carbonyl (C=O) groups excluding carboxylic acids is 1. The molecule has 1 aromatic heterocycles. The Kier molecular flexibility index (Phi) is 2.93. The van der Waals surface area contributed by atoms with Crippen LogP contribution in [0.3, 0.4) is 0 Å². The third kappa shape index (κ3) is 2.39. The first kappa shape index (κ1) is 10.9. The van der Waals surface area contributed by atoms with Crippen LogP contribution in [0.2, 0.25) is 0 Å². The van der Waals surface area contributed by atoms with E-state index in [1.165, 1.54) is 0 Å². The van der Waals surface area contributed by atoms with Gasteiger partial charge in [0.1, 0.15) is 5.78 Å². The highest BCUT2D eigenvalue weighted by molar-refractivity contribution is 5.83. The van der Waals surface area contributed by atoms with Crippen molar-refractivity contribution in [3.8, 4) is 0 Å². The molecule has 0 N–H and O–H groups in total. The van der Waals surface area contributed by atoms with Gasteiger partial charge in [-0.1, -0.05) is 6.07 Å². The number of Topliss-reactive ketones (excluding diaryl/α,β-unsaturated/α-hetero) is 1. The third-order valence-electron chi connectivity index (χ3n) is 3.85. The lowest BCUT2D eigenvalue weighted by molar-refractivity contribution is -0.127. The summed E-state index contributed by atoms with van der Waals surface area (Å²) in [6.07, 6.45) is 8.87. The predicted octanol–water partition coefficient (Wildman–Crippen LogP) is 2.15. The van der Waals surface area contributed by atoms with Gasteiger partial charge in [0.05, 0.1) is 12.2 Å². The van der Waals surface area contributed by atoms with Crippen molar-refractivity contribution in [2.45, 2.75) is 44.3 Å². The summed E-state index contributed by atoms with van der Waals surface area (Å²) in [5.41, 5.74) is 1.02. The second kappa shape index (κ2) is 4.57. The van der Waals surface area contributed by atoms with Gasteiger partial charge in [-0.3, -0.25) is 9.78 Å². The normalized spacial score (nSPS) is 31.4. The monoisotopic (exact) mass is 231 g/mol. The van der Waals surface area contributed by atoms with E-state index in [1.807, 2.05) is 12.1 Å². The third-order valence-corrected chi connectivity index (χ3v) is 3.85. The zero-order valence-electron chi connectivity index (χ0n) is 9.84. The van der Waals surface area contributed by atoms with Gasteiger partial charge in [-0.05, 0) is 37.3 Å². The second-order valence-electron chi connectivity index (χ2n) is 5.13. The van der Waals surface area contributed by atoms with Crippen LogP contribution < -0.4 is 0 Å². The smallest absolute Gasteiger partial charge is 0.140 e. The molecule has 2 unspecified atom stereocenters. The number of pyridine rings is 1. The molecule has 3 heteroatoms. The Morgan fingerprint density at radius 3 is 2.76 bits per heavy atom. The zero-order chi connectivity index (χ0) is 11.7. The van der Waals surface area contributed by atoms with Crippen molar-refractivity contribution in [2.24, 2.45) is 5.92 Å². The molecule has 2 saturated heterocycles. The molecule has 2 aliphatic rings. The summed E-state index contributed by atoms with van der Waals surface area (Å²) in [5, 5.41) is 0. The van der Waals surface area contributed by atoms with E-state index in [9.17, 15) is 4.79 Å². The van der Waals surface area contributed by atoms with Gasteiger partial charge in [-0.15, -0.1) is 0 Å². The molecule has 0 spiro atoms. The molecule has 3 nitrogen and oxygen atoms in total. The fourth-order valence-corrected chi connectivity index (χ4v) is 2.97. The summed E-state index contributed by atoms with van der Waals surface area (Å²) in [5.74, 6) is 0.569. The van der Waals surface area contributed by atoms with Gasteiger partial charge in [0.25, 0.3) is 0 Å². The first-order valence-corrected chi connectivity index (χ1v) is 6.38. The van der Waals surface area contributed by atoms with Gasteiger partial charge in [-0.2, -0.15) is 0 Å². The maximum Gasteiger partial charge on any atom is 0.140 e. The average Bonchev–Trinajstić information content (AvgIpc) is 2.69. The maximum absolute atomic E-state index is 12.2. The summed E-state index contributed by atoms with van der Waals surface area (Å²) in [7, 11) is 0. The average molecular weight is 231 g/mol. The fourth-order valence-electron chi connectivity index (χ4n) is 2.97. The number of nitrogens with zero attached hydrogens (tertiary/aromatic N) is 1. The Balaban J connectivity index is 1.63. The lowest BCUT2D eigenvalue weighted by Crippen LogP contribution is -2.30. The first-order chi connectivity index (χ1) is 8.31. The predicted molar refractivity (Wildman–Crippen MR) is 63.6 cm³/mol. The SMILES string of the molecule is O=C(Cc1cccnc1)C1CC2CCC(C1)O2. The minimum absolute atomic E-state index is 0.210. The Hall–Kier alpha value is -1.22. The Bertz CT molecular complexity index is 392. The number of ether oxygens (including phenoxy) is 1. The van der Waals surface area contributed by atoms with Crippen LogP contribution in [0.15, 0.2) is 24.5 Å². The molecular formula is C14H17NO2. The molecule has 1 aromatic rings. The largest absolute Gasteiger partial charge is 0.375 e. The summed E-state index contributed by atoms with van der Waals surface area (Å²) in [6.45, 7) is 0. The maximum atomic E-state index is 12.2. The van der Waals surface area contributed by atoms with Gasteiger partial charge in [-0.25, -0.2) is 0 Å². The van der Waals surface area contributed by atoms with Crippen molar-refractivity contribution in [3.63, 3.8) is 0 Å². The molecule has 2 fully saturated rings. The number of ketones is 1. The van der Waals surface area contributed by atoms with Crippen LogP contribution >= 0.6 is 0 Å².